The second-order valence-corrected chi connectivity index (χ2v) is 8.86. The number of amides is 2. The van der Waals surface area contributed by atoms with Gasteiger partial charge in [0.05, 0.1) is 6.54 Å². The number of aryl methyl sites for hydroxylation is 1. The van der Waals surface area contributed by atoms with Crippen molar-refractivity contribution in [3.8, 4) is 0 Å². The Kier molecular flexibility index (Phi) is 6.43. The zero-order valence-electron chi connectivity index (χ0n) is 17.7. The van der Waals surface area contributed by atoms with Crippen molar-refractivity contribution in [1.29, 1.82) is 0 Å². The first-order chi connectivity index (χ1) is 14.9. The first kappa shape index (κ1) is 21.6. The number of aromatic nitrogens is 1. The van der Waals surface area contributed by atoms with Gasteiger partial charge in [0.1, 0.15) is 5.82 Å². The molecule has 1 unspecified atom stereocenters. The predicted octanol–water partition coefficient (Wildman–Crippen LogP) is 2.54. The number of halogens is 1. The van der Waals surface area contributed by atoms with Crippen molar-refractivity contribution in [1.82, 2.24) is 15.6 Å². The SMILES string of the molecule is Cc1cc(C(=O)NCc2cc(Cl)ccc2CN)cc(N2CC(=O)NCC2CC2CC2)n1. The molecule has 1 saturated heterocycles. The maximum Gasteiger partial charge on any atom is 0.251 e. The molecular formula is C23H28ClN5O2. The van der Waals surface area contributed by atoms with E-state index in [9.17, 15) is 9.59 Å². The van der Waals surface area contributed by atoms with Crippen molar-refractivity contribution in [2.75, 3.05) is 18.0 Å². The molecule has 8 heteroatoms. The highest BCUT2D eigenvalue weighted by Crippen LogP contribution is 2.36. The Morgan fingerprint density at radius 3 is 2.84 bits per heavy atom. The van der Waals surface area contributed by atoms with Crippen molar-refractivity contribution in [3.05, 3.63) is 57.7 Å². The highest BCUT2D eigenvalue weighted by Gasteiger charge is 2.33. The number of nitrogens with one attached hydrogen (secondary N) is 2. The number of carbonyl (C=O) groups excluding carboxylic acids is 2. The quantitative estimate of drug-likeness (QED) is 0.613. The third kappa shape index (κ3) is 5.35. The summed E-state index contributed by atoms with van der Waals surface area (Å²) in [5, 5.41) is 6.53. The molecule has 2 heterocycles. The van der Waals surface area contributed by atoms with Crippen LogP contribution in [0.25, 0.3) is 0 Å². The number of hydrogen-bond acceptors (Lipinski definition) is 5. The van der Waals surface area contributed by atoms with Gasteiger partial charge in [-0.15, -0.1) is 0 Å². The van der Waals surface area contributed by atoms with Crippen LogP contribution in [0.3, 0.4) is 0 Å². The Morgan fingerprint density at radius 1 is 1.29 bits per heavy atom. The molecular weight excluding hydrogens is 414 g/mol. The molecule has 7 nitrogen and oxygen atoms in total. The Bertz CT molecular complexity index is 992. The van der Waals surface area contributed by atoms with E-state index in [0.29, 0.717) is 36.0 Å². The van der Waals surface area contributed by atoms with Gasteiger partial charge in [0.15, 0.2) is 0 Å². The van der Waals surface area contributed by atoms with Gasteiger partial charge in [0.2, 0.25) is 5.91 Å². The van der Waals surface area contributed by atoms with E-state index in [1.165, 1.54) is 12.8 Å². The van der Waals surface area contributed by atoms with Crippen molar-refractivity contribution in [3.63, 3.8) is 0 Å². The predicted molar refractivity (Wildman–Crippen MR) is 121 cm³/mol. The molecule has 2 fully saturated rings. The van der Waals surface area contributed by atoms with Crippen LogP contribution in [-0.2, 0) is 17.9 Å². The molecule has 1 aliphatic carbocycles. The molecule has 1 aromatic heterocycles. The van der Waals surface area contributed by atoms with Crippen LogP contribution in [0.1, 0.15) is 46.4 Å². The molecule has 2 aliphatic rings. The number of rotatable bonds is 7. The van der Waals surface area contributed by atoms with E-state index in [-0.39, 0.29) is 24.4 Å². The summed E-state index contributed by atoms with van der Waals surface area (Å²) >= 11 is 6.10. The van der Waals surface area contributed by atoms with E-state index >= 15 is 0 Å². The van der Waals surface area contributed by atoms with Gasteiger partial charge in [-0.25, -0.2) is 4.98 Å². The summed E-state index contributed by atoms with van der Waals surface area (Å²) in [5.74, 6) is 1.19. The lowest BCUT2D eigenvalue weighted by Gasteiger charge is -2.36. The molecule has 1 aliphatic heterocycles. The normalized spacial score (nSPS) is 18.6. The van der Waals surface area contributed by atoms with E-state index in [2.05, 4.69) is 15.6 Å². The van der Waals surface area contributed by atoms with Gasteiger partial charge in [0, 0.05) is 42.0 Å². The van der Waals surface area contributed by atoms with E-state index < -0.39 is 0 Å². The number of benzene rings is 1. The average molecular weight is 442 g/mol. The number of nitrogens with zero attached hydrogens (tertiary/aromatic N) is 2. The highest BCUT2D eigenvalue weighted by molar-refractivity contribution is 6.30. The third-order valence-electron chi connectivity index (χ3n) is 5.92. The summed E-state index contributed by atoms with van der Waals surface area (Å²) < 4.78 is 0. The van der Waals surface area contributed by atoms with Gasteiger partial charge in [-0.05, 0) is 54.7 Å². The Hall–Kier alpha value is -2.64. The Balaban J connectivity index is 1.52. The van der Waals surface area contributed by atoms with Crippen LogP contribution < -0.4 is 21.3 Å². The molecule has 2 amide bonds. The maximum absolute atomic E-state index is 12.9. The number of nitrogens with two attached hydrogens (primary N) is 1. The molecule has 4 N–H and O–H groups in total. The molecule has 0 spiro atoms. The first-order valence-corrected chi connectivity index (χ1v) is 11.1. The number of carbonyl (C=O) groups is 2. The minimum Gasteiger partial charge on any atom is -0.352 e. The molecule has 1 aromatic carbocycles. The molecule has 164 valence electrons. The number of pyridine rings is 1. The second kappa shape index (κ2) is 9.24. The number of hydrogen-bond donors (Lipinski definition) is 3. The molecule has 1 saturated carbocycles. The minimum atomic E-state index is -0.199. The monoisotopic (exact) mass is 441 g/mol. The summed E-state index contributed by atoms with van der Waals surface area (Å²) in [4.78, 5) is 31.7. The van der Waals surface area contributed by atoms with Gasteiger partial charge in [0.25, 0.3) is 5.91 Å². The Morgan fingerprint density at radius 2 is 2.10 bits per heavy atom. The first-order valence-electron chi connectivity index (χ1n) is 10.7. The van der Waals surface area contributed by atoms with Gasteiger partial charge in [-0.2, -0.15) is 0 Å². The molecule has 0 bridgehead atoms. The van der Waals surface area contributed by atoms with Gasteiger partial charge in [-0.1, -0.05) is 30.5 Å². The van der Waals surface area contributed by atoms with Gasteiger partial charge >= 0.3 is 0 Å². The van der Waals surface area contributed by atoms with E-state index in [4.69, 9.17) is 17.3 Å². The summed E-state index contributed by atoms with van der Waals surface area (Å²) in [6.07, 6.45) is 3.54. The van der Waals surface area contributed by atoms with Crippen molar-refractivity contribution < 1.29 is 9.59 Å². The molecule has 4 rings (SSSR count). The number of piperazine rings is 1. The maximum atomic E-state index is 12.9. The van der Waals surface area contributed by atoms with Crippen LogP contribution in [-0.4, -0.2) is 35.9 Å². The zero-order chi connectivity index (χ0) is 22.0. The topological polar surface area (TPSA) is 100 Å². The third-order valence-corrected chi connectivity index (χ3v) is 6.15. The van der Waals surface area contributed by atoms with Crippen LogP contribution in [0.4, 0.5) is 5.82 Å². The van der Waals surface area contributed by atoms with Crippen LogP contribution >= 0.6 is 11.6 Å². The number of anilines is 1. The lowest BCUT2D eigenvalue weighted by molar-refractivity contribution is -0.120. The summed E-state index contributed by atoms with van der Waals surface area (Å²) in [5.41, 5.74) is 8.90. The zero-order valence-corrected chi connectivity index (χ0v) is 18.4. The fourth-order valence-electron chi connectivity index (χ4n) is 4.06. The molecule has 0 radical (unpaired) electrons. The van der Waals surface area contributed by atoms with Gasteiger partial charge in [-0.3, -0.25) is 9.59 Å². The summed E-state index contributed by atoms with van der Waals surface area (Å²) in [6, 6.07) is 9.24. The van der Waals surface area contributed by atoms with Crippen LogP contribution in [0.5, 0.6) is 0 Å². The van der Waals surface area contributed by atoms with Crippen molar-refractivity contribution in [2.24, 2.45) is 11.7 Å². The summed E-state index contributed by atoms with van der Waals surface area (Å²) in [6.45, 7) is 3.45. The smallest absolute Gasteiger partial charge is 0.251 e. The minimum absolute atomic E-state index is 0.0170. The molecule has 2 aromatic rings. The van der Waals surface area contributed by atoms with E-state index in [0.717, 1.165) is 29.2 Å². The van der Waals surface area contributed by atoms with Gasteiger partial charge < -0.3 is 21.3 Å². The van der Waals surface area contributed by atoms with Crippen molar-refractivity contribution in [2.45, 2.75) is 45.3 Å². The standard InChI is InChI=1S/C23H28ClN5O2/c1-14-6-17(23(31)27-11-18-8-19(24)5-4-16(18)10-25)9-21(28-14)29-13-22(30)26-12-20(29)7-15-2-3-15/h4-6,8-9,15,20H,2-3,7,10-13,25H2,1H3,(H,26,30)(H,27,31). The Labute approximate surface area is 187 Å². The highest BCUT2D eigenvalue weighted by atomic mass is 35.5. The van der Waals surface area contributed by atoms with Crippen LogP contribution in [0, 0.1) is 12.8 Å². The van der Waals surface area contributed by atoms with Crippen LogP contribution in [0.2, 0.25) is 5.02 Å². The lowest BCUT2D eigenvalue weighted by atomic mass is 10.1. The second-order valence-electron chi connectivity index (χ2n) is 8.42. The molecule has 1 atom stereocenters. The largest absolute Gasteiger partial charge is 0.352 e. The van der Waals surface area contributed by atoms with E-state index in [1.54, 1.807) is 18.2 Å². The van der Waals surface area contributed by atoms with Crippen molar-refractivity contribution >= 4 is 29.2 Å². The summed E-state index contributed by atoms with van der Waals surface area (Å²) in [7, 11) is 0. The molecule has 31 heavy (non-hydrogen) atoms. The van der Waals surface area contributed by atoms with E-state index in [1.807, 2.05) is 24.0 Å². The fourth-order valence-corrected chi connectivity index (χ4v) is 4.26. The van der Waals surface area contributed by atoms with Crippen LogP contribution in [0.15, 0.2) is 30.3 Å². The fraction of sp³-hybridized carbons (Fsp3) is 0.435. The average Bonchev–Trinajstić information content (AvgIpc) is 3.57. The lowest BCUT2D eigenvalue weighted by Crippen LogP contribution is -2.55.